The predicted octanol–water partition coefficient (Wildman–Crippen LogP) is 4.96. The zero-order chi connectivity index (χ0) is 20.3. The van der Waals surface area contributed by atoms with Gasteiger partial charge in [0, 0.05) is 29.5 Å². The van der Waals surface area contributed by atoms with Gasteiger partial charge in [-0.3, -0.25) is 0 Å². The highest BCUT2D eigenvalue weighted by Gasteiger charge is 2.51. The van der Waals surface area contributed by atoms with E-state index in [9.17, 15) is 4.79 Å². The first-order chi connectivity index (χ1) is 14.7. The van der Waals surface area contributed by atoms with Crippen LogP contribution in [0, 0.1) is 0 Å². The number of hydrogen-bond donors (Lipinski definition) is 0. The van der Waals surface area contributed by atoms with Gasteiger partial charge in [-0.25, -0.2) is 4.79 Å². The molecule has 0 saturated heterocycles. The maximum atomic E-state index is 13.0. The molecule has 0 radical (unpaired) electrons. The summed E-state index contributed by atoms with van der Waals surface area (Å²) in [4.78, 5) is 13.0. The van der Waals surface area contributed by atoms with E-state index in [1.165, 1.54) is 0 Å². The minimum atomic E-state index is -1.05. The molecule has 6 rings (SSSR count). The highest BCUT2D eigenvalue weighted by Crippen LogP contribution is 2.55. The first-order valence-corrected chi connectivity index (χ1v) is 9.86. The van der Waals surface area contributed by atoms with Crippen LogP contribution in [0.1, 0.15) is 29.0 Å². The number of rotatable bonds is 2. The van der Waals surface area contributed by atoms with Gasteiger partial charge in [-0.05, 0) is 18.2 Å². The first kappa shape index (κ1) is 17.2. The van der Waals surface area contributed by atoms with Crippen molar-refractivity contribution in [1.29, 1.82) is 0 Å². The first-order valence-electron chi connectivity index (χ1n) is 9.86. The van der Waals surface area contributed by atoms with Gasteiger partial charge in [0.1, 0.15) is 22.8 Å². The van der Waals surface area contributed by atoms with Crippen LogP contribution < -0.4 is 19.8 Å². The zero-order valence-electron chi connectivity index (χ0n) is 16.3. The van der Waals surface area contributed by atoms with Crippen LogP contribution in [0.3, 0.4) is 0 Å². The van der Waals surface area contributed by atoms with E-state index in [0.29, 0.717) is 34.8 Å². The molecule has 3 aromatic carbocycles. The molecule has 2 atom stereocenters. The number of ether oxygens (including phenoxy) is 3. The fraction of sp³-hybridized carbons (Fsp3) is 0.160. The number of benzene rings is 3. The Morgan fingerprint density at radius 3 is 2.60 bits per heavy atom. The maximum Gasteiger partial charge on any atom is 0.343 e. The Kier molecular flexibility index (Phi) is 3.51. The van der Waals surface area contributed by atoms with Crippen LogP contribution >= 0.6 is 0 Å². The predicted molar refractivity (Wildman–Crippen MR) is 111 cm³/mol. The minimum absolute atomic E-state index is 0.218. The Morgan fingerprint density at radius 2 is 1.77 bits per heavy atom. The monoisotopic (exact) mass is 398 g/mol. The molecule has 0 spiro atoms. The lowest BCUT2D eigenvalue weighted by Crippen LogP contribution is -2.48. The average Bonchev–Trinajstić information content (AvgIpc) is 2.79. The van der Waals surface area contributed by atoms with E-state index in [1.54, 1.807) is 13.2 Å². The van der Waals surface area contributed by atoms with Gasteiger partial charge in [0.2, 0.25) is 0 Å². The smallest absolute Gasteiger partial charge is 0.343 e. The second-order valence-electron chi connectivity index (χ2n) is 7.61. The summed E-state index contributed by atoms with van der Waals surface area (Å²) >= 11 is 0. The SMILES string of the molecule is COc1ccc2c(c1)O[C@@]1(c3ccccc3)C[C@@H]2c2c(c3ccccc3oc2=O)O1. The standard InChI is InChI=1S/C25H18O5/c1-27-16-11-12-17-19-14-25(29-21(17)13-16,15-7-3-2-4-8-15)30-23-18-9-5-6-10-20(18)28-24(26)22(19)23/h2-13,19H,14H2,1H3/t19-,25-/m0/s1. The molecule has 0 N–H and O–H groups in total. The molecular formula is C25H18O5. The van der Waals surface area contributed by atoms with Gasteiger partial charge in [-0.2, -0.15) is 0 Å². The van der Waals surface area contributed by atoms with E-state index in [4.69, 9.17) is 18.6 Å². The number of methoxy groups -OCH3 is 1. The van der Waals surface area contributed by atoms with Crippen molar-refractivity contribution >= 4 is 11.0 Å². The molecule has 5 nitrogen and oxygen atoms in total. The molecule has 30 heavy (non-hydrogen) atoms. The van der Waals surface area contributed by atoms with Gasteiger partial charge in [-0.1, -0.05) is 48.5 Å². The largest absolute Gasteiger partial charge is 0.497 e. The van der Waals surface area contributed by atoms with Crippen molar-refractivity contribution < 1.29 is 18.6 Å². The Labute approximate surface area is 172 Å². The van der Waals surface area contributed by atoms with Crippen molar-refractivity contribution in [2.24, 2.45) is 0 Å². The Hall–Kier alpha value is -3.73. The van der Waals surface area contributed by atoms with Crippen molar-refractivity contribution in [2.45, 2.75) is 18.1 Å². The van der Waals surface area contributed by atoms with E-state index in [2.05, 4.69) is 0 Å². The molecule has 0 fully saturated rings. The summed E-state index contributed by atoms with van der Waals surface area (Å²) in [5, 5.41) is 0.762. The highest BCUT2D eigenvalue weighted by atomic mass is 16.7. The molecule has 4 aromatic rings. The fourth-order valence-corrected chi connectivity index (χ4v) is 4.57. The van der Waals surface area contributed by atoms with Crippen LogP contribution in [0.25, 0.3) is 11.0 Å². The lowest BCUT2D eigenvalue weighted by molar-refractivity contribution is -0.148. The van der Waals surface area contributed by atoms with Crippen LogP contribution in [0.2, 0.25) is 0 Å². The Morgan fingerprint density at radius 1 is 0.967 bits per heavy atom. The second-order valence-corrected chi connectivity index (χ2v) is 7.61. The molecule has 148 valence electrons. The summed E-state index contributed by atoms with van der Waals surface area (Å²) in [6.07, 6.45) is 0.479. The number of fused-ring (bicyclic) bond motifs is 8. The summed E-state index contributed by atoms with van der Waals surface area (Å²) < 4.78 is 24.1. The van der Waals surface area contributed by atoms with E-state index < -0.39 is 5.79 Å². The van der Waals surface area contributed by atoms with Crippen molar-refractivity contribution in [2.75, 3.05) is 7.11 Å². The molecule has 0 amide bonds. The minimum Gasteiger partial charge on any atom is -0.497 e. The van der Waals surface area contributed by atoms with E-state index in [-0.39, 0.29) is 11.5 Å². The highest BCUT2D eigenvalue weighted by molar-refractivity contribution is 5.85. The summed E-state index contributed by atoms with van der Waals surface area (Å²) in [6, 6.07) is 23.0. The van der Waals surface area contributed by atoms with Crippen LogP contribution in [0.5, 0.6) is 17.2 Å². The Balaban J connectivity index is 1.68. The third-order valence-electron chi connectivity index (χ3n) is 5.97. The van der Waals surface area contributed by atoms with Gasteiger partial charge in [0.25, 0.3) is 5.79 Å². The second kappa shape index (κ2) is 6.13. The molecule has 5 heteroatoms. The summed E-state index contributed by atoms with van der Waals surface area (Å²) in [7, 11) is 1.62. The number of hydrogen-bond acceptors (Lipinski definition) is 5. The van der Waals surface area contributed by atoms with Gasteiger partial charge < -0.3 is 18.6 Å². The summed E-state index contributed by atoms with van der Waals surface area (Å²) in [5.41, 5.74) is 2.48. The molecule has 3 heterocycles. The zero-order valence-corrected chi connectivity index (χ0v) is 16.3. The van der Waals surface area contributed by atoms with Crippen molar-refractivity contribution in [3.63, 3.8) is 0 Å². The van der Waals surface area contributed by atoms with Gasteiger partial charge >= 0.3 is 5.63 Å². The molecule has 0 unspecified atom stereocenters. The topological polar surface area (TPSA) is 57.9 Å². The molecule has 2 aliphatic rings. The van der Waals surface area contributed by atoms with E-state index in [1.807, 2.05) is 66.7 Å². The van der Waals surface area contributed by atoms with Crippen molar-refractivity contribution in [1.82, 2.24) is 0 Å². The van der Waals surface area contributed by atoms with Crippen LogP contribution in [-0.2, 0) is 5.79 Å². The molecular weight excluding hydrogens is 380 g/mol. The van der Waals surface area contributed by atoms with Crippen LogP contribution in [0.4, 0.5) is 0 Å². The molecule has 2 aliphatic heterocycles. The summed E-state index contributed by atoms with van der Waals surface area (Å²) in [5.74, 6) is 0.595. The fourth-order valence-electron chi connectivity index (χ4n) is 4.57. The van der Waals surface area contributed by atoms with Crippen molar-refractivity contribution in [3.8, 4) is 17.2 Å². The molecule has 1 aromatic heterocycles. The Bertz CT molecular complexity index is 1340. The lowest BCUT2D eigenvalue weighted by Gasteiger charge is -2.46. The van der Waals surface area contributed by atoms with Crippen molar-refractivity contribution in [3.05, 3.63) is 99.9 Å². The average molecular weight is 398 g/mol. The lowest BCUT2D eigenvalue weighted by atomic mass is 9.78. The van der Waals surface area contributed by atoms with Crippen LogP contribution in [0.15, 0.2) is 82.0 Å². The molecule has 0 saturated carbocycles. The normalized spacial score (nSPS) is 21.2. The van der Waals surface area contributed by atoms with Crippen LogP contribution in [-0.4, -0.2) is 7.11 Å². The summed E-state index contributed by atoms with van der Waals surface area (Å²) in [6.45, 7) is 0. The molecule has 2 bridgehead atoms. The third kappa shape index (κ3) is 2.32. The van der Waals surface area contributed by atoms with E-state index >= 15 is 0 Å². The number of para-hydroxylation sites is 1. The molecule has 0 aliphatic carbocycles. The quantitative estimate of drug-likeness (QED) is 0.447. The third-order valence-corrected chi connectivity index (χ3v) is 5.97. The van der Waals surface area contributed by atoms with E-state index in [0.717, 1.165) is 16.5 Å². The van der Waals surface area contributed by atoms with Gasteiger partial charge in [0.05, 0.1) is 18.1 Å². The van der Waals surface area contributed by atoms with Gasteiger partial charge in [0.15, 0.2) is 0 Å². The maximum absolute atomic E-state index is 13.0. The van der Waals surface area contributed by atoms with Gasteiger partial charge in [-0.15, -0.1) is 0 Å².